The molecular formula is C13H21N3O5. The number of aromatic nitrogens is 2. The molecule has 1 aliphatic rings. The Labute approximate surface area is 122 Å². The zero-order chi connectivity index (χ0) is 15.7. The van der Waals surface area contributed by atoms with E-state index in [4.69, 9.17) is 14.6 Å². The lowest BCUT2D eigenvalue weighted by Gasteiger charge is -2.31. The third kappa shape index (κ3) is 5.52. The molecule has 0 bridgehead atoms. The van der Waals surface area contributed by atoms with Gasteiger partial charge in [-0.2, -0.15) is 0 Å². The van der Waals surface area contributed by atoms with Gasteiger partial charge in [0.1, 0.15) is 5.82 Å². The Morgan fingerprint density at radius 3 is 2.90 bits per heavy atom. The number of methoxy groups -OCH3 is 1. The van der Waals surface area contributed by atoms with Gasteiger partial charge in [0.05, 0.1) is 18.8 Å². The number of nitrogens with zero attached hydrogens (tertiary/aromatic N) is 1. The molecule has 4 N–H and O–H groups in total. The van der Waals surface area contributed by atoms with Crippen molar-refractivity contribution in [2.45, 2.75) is 38.0 Å². The number of H-pyrrole nitrogens is 1. The number of aliphatic hydroxyl groups is 1. The van der Waals surface area contributed by atoms with E-state index in [9.17, 15) is 9.90 Å². The highest BCUT2D eigenvalue weighted by molar-refractivity contribution is 5.78. The van der Waals surface area contributed by atoms with Gasteiger partial charge < -0.3 is 25.3 Å². The number of aromatic amines is 1. The lowest BCUT2D eigenvalue weighted by Crippen LogP contribution is -2.41. The number of rotatable bonds is 4. The Morgan fingerprint density at radius 1 is 1.62 bits per heavy atom. The van der Waals surface area contributed by atoms with E-state index in [1.807, 2.05) is 0 Å². The standard InChI is InChI=1S/C12H19N3O3.CH2O2/c1-18-10-6-8(2-3-9(10)16)12(17)15-7-11-13-4-5-14-11;2-1-3/h4-5,8-10,16H,2-3,6-7H2,1H3,(H,13,14)(H,15,17);1H,(H,2,3)/t8-,9+,10-;/m1./s1. The average molecular weight is 299 g/mol. The van der Waals surface area contributed by atoms with Gasteiger partial charge in [-0.1, -0.05) is 0 Å². The second-order valence-corrected chi connectivity index (χ2v) is 4.71. The van der Waals surface area contributed by atoms with Crippen LogP contribution in [0.4, 0.5) is 0 Å². The van der Waals surface area contributed by atoms with E-state index in [1.165, 1.54) is 0 Å². The number of aliphatic hydroxyl groups excluding tert-OH is 1. The molecule has 3 atom stereocenters. The molecule has 0 aromatic carbocycles. The SMILES string of the molecule is CO[C@@H]1C[C@H](C(=O)NCc2ncc[nH]2)CC[C@@H]1O.O=CO. The van der Waals surface area contributed by atoms with Crippen molar-refractivity contribution < 1.29 is 24.5 Å². The van der Waals surface area contributed by atoms with Crippen molar-refractivity contribution in [2.24, 2.45) is 5.92 Å². The lowest BCUT2D eigenvalue weighted by molar-refractivity contribution is -0.130. The molecule has 1 heterocycles. The number of hydrogen-bond donors (Lipinski definition) is 4. The van der Waals surface area contributed by atoms with Crippen LogP contribution in [0.5, 0.6) is 0 Å². The molecule has 0 radical (unpaired) electrons. The molecular weight excluding hydrogens is 278 g/mol. The Kier molecular flexibility index (Phi) is 7.41. The maximum atomic E-state index is 12.0. The third-order valence-electron chi connectivity index (χ3n) is 3.42. The molecule has 1 saturated carbocycles. The van der Waals surface area contributed by atoms with Crippen LogP contribution in [0.1, 0.15) is 25.1 Å². The van der Waals surface area contributed by atoms with Gasteiger partial charge in [0.25, 0.3) is 6.47 Å². The van der Waals surface area contributed by atoms with E-state index in [0.29, 0.717) is 25.8 Å². The molecule has 0 saturated heterocycles. The number of nitrogens with one attached hydrogen (secondary N) is 2. The molecule has 1 amide bonds. The van der Waals surface area contributed by atoms with Crippen LogP contribution in [0.2, 0.25) is 0 Å². The number of carbonyl (C=O) groups excluding carboxylic acids is 1. The van der Waals surface area contributed by atoms with Crippen LogP contribution in [-0.2, 0) is 20.9 Å². The minimum Gasteiger partial charge on any atom is -0.483 e. The maximum absolute atomic E-state index is 12.0. The minimum atomic E-state index is -0.455. The number of ether oxygens (including phenoxy) is 1. The zero-order valence-corrected chi connectivity index (χ0v) is 11.9. The summed E-state index contributed by atoms with van der Waals surface area (Å²) in [7, 11) is 1.57. The predicted octanol–water partition coefficient (Wildman–Crippen LogP) is -0.0973. The molecule has 21 heavy (non-hydrogen) atoms. The second-order valence-electron chi connectivity index (χ2n) is 4.71. The van der Waals surface area contributed by atoms with Crippen molar-refractivity contribution in [3.05, 3.63) is 18.2 Å². The summed E-state index contributed by atoms with van der Waals surface area (Å²) in [5.74, 6) is 0.649. The summed E-state index contributed by atoms with van der Waals surface area (Å²) in [6.45, 7) is 0.155. The molecule has 118 valence electrons. The van der Waals surface area contributed by atoms with Gasteiger partial charge in [0, 0.05) is 25.4 Å². The van der Waals surface area contributed by atoms with Crippen LogP contribution in [-0.4, -0.2) is 51.9 Å². The number of carbonyl (C=O) groups is 2. The number of imidazole rings is 1. The Balaban J connectivity index is 0.000000677. The second kappa shape index (κ2) is 9.09. The molecule has 0 aliphatic heterocycles. The van der Waals surface area contributed by atoms with Gasteiger partial charge >= 0.3 is 0 Å². The zero-order valence-electron chi connectivity index (χ0n) is 11.9. The first-order chi connectivity index (χ1) is 10.1. The Bertz CT molecular complexity index is 423. The van der Waals surface area contributed by atoms with E-state index >= 15 is 0 Å². The van der Waals surface area contributed by atoms with Crippen molar-refractivity contribution in [3.63, 3.8) is 0 Å². The summed E-state index contributed by atoms with van der Waals surface area (Å²) in [4.78, 5) is 27.3. The third-order valence-corrected chi connectivity index (χ3v) is 3.42. The topological polar surface area (TPSA) is 125 Å². The van der Waals surface area contributed by atoms with E-state index in [0.717, 1.165) is 5.82 Å². The van der Waals surface area contributed by atoms with Crippen molar-refractivity contribution >= 4 is 12.4 Å². The van der Waals surface area contributed by atoms with Crippen LogP contribution in [0.15, 0.2) is 12.4 Å². The van der Waals surface area contributed by atoms with E-state index in [1.54, 1.807) is 19.5 Å². The number of carboxylic acid groups (broad SMARTS) is 1. The minimum absolute atomic E-state index is 0.000324. The van der Waals surface area contributed by atoms with E-state index in [2.05, 4.69) is 15.3 Å². The molecule has 8 heteroatoms. The van der Waals surface area contributed by atoms with Crippen LogP contribution >= 0.6 is 0 Å². The largest absolute Gasteiger partial charge is 0.483 e. The lowest BCUT2D eigenvalue weighted by atomic mass is 9.84. The molecule has 8 nitrogen and oxygen atoms in total. The quantitative estimate of drug-likeness (QED) is 0.576. The fourth-order valence-electron chi connectivity index (χ4n) is 2.31. The van der Waals surface area contributed by atoms with Crippen LogP contribution < -0.4 is 5.32 Å². The van der Waals surface area contributed by atoms with Crippen molar-refractivity contribution in [1.29, 1.82) is 0 Å². The molecule has 1 aliphatic carbocycles. The monoisotopic (exact) mass is 299 g/mol. The van der Waals surface area contributed by atoms with Gasteiger partial charge in [-0.15, -0.1) is 0 Å². The van der Waals surface area contributed by atoms with Gasteiger partial charge in [0.2, 0.25) is 5.91 Å². The Morgan fingerprint density at radius 2 is 2.33 bits per heavy atom. The number of amides is 1. The fraction of sp³-hybridized carbons (Fsp3) is 0.615. The smallest absolute Gasteiger partial charge is 0.290 e. The summed E-state index contributed by atoms with van der Waals surface area (Å²) in [6.07, 6.45) is 4.56. The van der Waals surface area contributed by atoms with E-state index in [-0.39, 0.29) is 24.4 Å². The van der Waals surface area contributed by atoms with Gasteiger partial charge in [-0.05, 0) is 19.3 Å². The van der Waals surface area contributed by atoms with Crippen LogP contribution in [0.3, 0.4) is 0 Å². The summed E-state index contributed by atoms with van der Waals surface area (Å²) in [6, 6.07) is 0. The first-order valence-electron chi connectivity index (χ1n) is 6.67. The van der Waals surface area contributed by atoms with Crippen LogP contribution in [0, 0.1) is 5.92 Å². The molecule has 1 aromatic rings. The fourth-order valence-corrected chi connectivity index (χ4v) is 2.31. The average Bonchev–Trinajstić information content (AvgIpc) is 2.99. The molecule has 1 fully saturated rings. The van der Waals surface area contributed by atoms with Gasteiger partial charge in [-0.3, -0.25) is 9.59 Å². The molecule has 1 aromatic heterocycles. The summed E-state index contributed by atoms with van der Waals surface area (Å²) >= 11 is 0. The summed E-state index contributed by atoms with van der Waals surface area (Å²) < 4.78 is 5.19. The van der Waals surface area contributed by atoms with Crippen molar-refractivity contribution in [1.82, 2.24) is 15.3 Å². The molecule has 0 unspecified atom stereocenters. The summed E-state index contributed by atoms with van der Waals surface area (Å²) in [5.41, 5.74) is 0. The summed E-state index contributed by atoms with van der Waals surface area (Å²) in [5, 5.41) is 19.4. The van der Waals surface area contributed by atoms with Crippen molar-refractivity contribution in [3.8, 4) is 0 Å². The highest BCUT2D eigenvalue weighted by Gasteiger charge is 2.32. The van der Waals surface area contributed by atoms with Crippen molar-refractivity contribution in [2.75, 3.05) is 7.11 Å². The first kappa shape index (κ1) is 17.1. The van der Waals surface area contributed by atoms with E-state index < -0.39 is 6.10 Å². The van der Waals surface area contributed by atoms with Crippen LogP contribution in [0.25, 0.3) is 0 Å². The number of hydrogen-bond acceptors (Lipinski definition) is 5. The molecule has 2 rings (SSSR count). The predicted molar refractivity (Wildman–Crippen MR) is 73.3 cm³/mol. The van der Waals surface area contributed by atoms with Gasteiger partial charge in [0.15, 0.2) is 0 Å². The Hall–Kier alpha value is -1.93. The highest BCUT2D eigenvalue weighted by Crippen LogP contribution is 2.26. The molecule has 0 spiro atoms. The van der Waals surface area contributed by atoms with Gasteiger partial charge in [-0.25, -0.2) is 4.98 Å². The first-order valence-corrected chi connectivity index (χ1v) is 6.67. The maximum Gasteiger partial charge on any atom is 0.290 e. The normalized spacial score (nSPS) is 24.6. The highest BCUT2D eigenvalue weighted by atomic mass is 16.5.